The maximum Gasteiger partial charge on any atom is 0.673 e. The van der Waals surface area contributed by atoms with Crippen molar-refractivity contribution in [2.24, 2.45) is 10.8 Å². The van der Waals surface area contributed by atoms with Crippen molar-refractivity contribution < 1.29 is 26.3 Å². The number of hydrogen-bond donors (Lipinski definition) is 0. The molecule has 184 valence electrons. The molecule has 0 N–H and O–H groups in total. The zero-order valence-corrected chi connectivity index (χ0v) is 21.4. The quantitative estimate of drug-likeness (QED) is 0.183. The van der Waals surface area contributed by atoms with Crippen LogP contribution in [0.4, 0.5) is 17.3 Å². The van der Waals surface area contributed by atoms with E-state index in [4.69, 9.17) is 9.05 Å². The molecule has 0 saturated heterocycles. The van der Waals surface area contributed by atoms with Crippen LogP contribution in [0.2, 0.25) is 0 Å². The Labute approximate surface area is 200 Å². The van der Waals surface area contributed by atoms with Crippen molar-refractivity contribution in [3.05, 3.63) is 90.6 Å². The first-order chi connectivity index (χ1) is 15.5. The third-order valence-electron chi connectivity index (χ3n) is 4.77. The Morgan fingerprint density at radius 1 is 0.735 bits per heavy atom. The summed E-state index contributed by atoms with van der Waals surface area (Å²) in [5.74, 6) is 1.63. The summed E-state index contributed by atoms with van der Waals surface area (Å²) in [5.41, 5.74) is 0.694. The van der Waals surface area contributed by atoms with Crippen molar-refractivity contribution in [1.29, 1.82) is 0 Å². The Kier molecular flexibility index (Phi) is 8.47. The first-order valence-electron chi connectivity index (χ1n) is 10.9. The molecule has 8 heteroatoms. The van der Waals surface area contributed by atoms with Gasteiger partial charge >= 0.3 is 7.25 Å². The van der Waals surface area contributed by atoms with Crippen LogP contribution in [0.25, 0.3) is 0 Å². The molecule has 1 aliphatic heterocycles. The van der Waals surface area contributed by atoms with Crippen molar-refractivity contribution in [3.63, 3.8) is 0 Å². The van der Waals surface area contributed by atoms with Crippen molar-refractivity contribution in [2.45, 2.75) is 41.5 Å². The van der Waals surface area contributed by atoms with E-state index in [2.05, 4.69) is 60.6 Å². The molecule has 0 aliphatic carbocycles. The number of rotatable bonds is 4. The van der Waals surface area contributed by atoms with Crippen molar-refractivity contribution in [3.8, 4) is 11.5 Å². The monoisotopic (exact) mass is 494 g/mol. The van der Waals surface area contributed by atoms with Crippen LogP contribution in [0.3, 0.4) is 0 Å². The molecule has 0 bridgehead atoms. The fourth-order valence-corrected chi connectivity index (χ4v) is 7.45. The summed E-state index contributed by atoms with van der Waals surface area (Å²) in [5, 5.41) is 2.32. The lowest BCUT2D eigenvalue weighted by Crippen LogP contribution is -2.31. The molecule has 2 aromatic carbocycles. The fourth-order valence-electron chi connectivity index (χ4n) is 3.48. The van der Waals surface area contributed by atoms with Crippen LogP contribution in [0.5, 0.6) is 11.5 Å². The SMILES string of the molecule is C=C1C=C(C(C)(C)C)P(Oc2ccccc2)(Oc2ccccc2)=C(C(C)(C)C)[CH+]1.F[B-](F)(F)F. The molecule has 0 spiro atoms. The van der Waals surface area contributed by atoms with Crippen LogP contribution in [-0.2, 0) is 0 Å². The Morgan fingerprint density at radius 2 is 1.12 bits per heavy atom. The minimum Gasteiger partial charge on any atom is -0.438 e. The molecule has 0 amide bonds. The highest BCUT2D eigenvalue weighted by Crippen LogP contribution is 2.67. The predicted molar refractivity (Wildman–Crippen MR) is 137 cm³/mol. The average Bonchev–Trinajstić information content (AvgIpc) is 2.68. The molecular formula is C26H32BF4O2P. The van der Waals surface area contributed by atoms with Gasteiger partial charge in [-0.25, -0.2) is 0 Å². The lowest BCUT2D eigenvalue weighted by atomic mass is 9.87. The minimum atomic E-state index is -6.00. The van der Waals surface area contributed by atoms with Gasteiger partial charge in [0.2, 0.25) is 0 Å². The zero-order chi connectivity index (χ0) is 25.8. The molecule has 0 atom stereocenters. The third-order valence-corrected chi connectivity index (χ3v) is 8.57. The van der Waals surface area contributed by atoms with E-state index in [1.54, 1.807) is 0 Å². The number of allylic oxidation sites excluding steroid dienone is 3. The summed E-state index contributed by atoms with van der Waals surface area (Å²) in [6, 6.07) is 20.0. The fraction of sp³-hybridized carbons (Fsp3) is 0.308. The molecule has 0 saturated carbocycles. The Balaban J connectivity index is 0.000000739. The smallest absolute Gasteiger partial charge is 0.438 e. The van der Waals surface area contributed by atoms with Gasteiger partial charge in [0.1, 0.15) is 17.1 Å². The second-order valence-corrected chi connectivity index (χ2v) is 12.4. The Morgan fingerprint density at radius 3 is 1.44 bits per heavy atom. The summed E-state index contributed by atoms with van der Waals surface area (Å²) in [7, 11) is -8.67. The van der Waals surface area contributed by atoms with Gasteiger partial charge in [-0.2, -0.15) is 0 Å². The average molecular weight is 494 g/mol. The summed E-state index contributed by atoms with van der Waals surface area (Å²) in [6.45, 7) is 17.6. The highest BCUT2D eigenvalue weighted by Gasteiger charge is 2.48. The van der Waals surface area contributed by atoms with Crippen LogP contribution in [0.15, 0.2) is 84.2 Å². The van der Waals surface area contributed by atoms with Crippen molar-refractivity contribution in [1.82, 2.24) is 0 Å². The minimum absolute atomic E-state index is 0.148. The highest BCUT2D eigenvalue weighted by molar-refractivity contribution is 7.72. The maximum absolute atomic E-state index is 9.75. The summed E-state index contributed by atoms with van der Waals surface area (Å²) >= 11 is 0. The van der Waals surface area contributed by atoms with E-state index in [1.165, 1.54) is 0 Å². The van der Waals surface area contributed by atoms with E-state index >= 15 is 0 Å². The van der Waals surface area contributed by atoms with E-state index < -0.39 is 14.6 Å². The topological polar surface area (TPSA) is 18.5 Å². The van der Waals surface area contributed by atoms with Gasteiger partial charge in [0, 0.05) is 17.4 Å². The van der Waals surface area contributed by atoms with Gasteiger partial charge in [0.15, 0.2) is 0 Å². The molecular weight excluding hydrogens is 462 g/mol. The molecule has 0 unspecified atom stereocenters. The number of para-hydroxylation sites is 2. The zero-order valence-electron chi connectivity index (χ0n) is 20.5. The van der Waals surface area contributed by atoms with Crippen LogP contribution in [-0.4, -0.2) is 12.5 Å². The molecule has 3 rings (SSSR count). The standard InChI is InChI=1S/C26H32O2P.BF4/c1-20-18-23(25(2,3)4)29(24(19-20)26(5,6)7,27-21-14-10-8-11-15-21)28-22-16-12-9-13-17-22;2-1(3,4)5/h8-19H,1H2,2-7H3;/q+1;-1. The molecule has 0 radical (unpaired) electrons. The lowest BCUT2D eigenvalue weighted by molar-refractivity contribution is 0.368. The molecule has 2 nitrogen and oxygen atoms in total. The lowest BCUT2D eigenvalue weighted by Gasteiger charge is -2.40. The second kappa shape index (κ2) is 10.4. The second-order valence-electron chi connectivity index (χ2n) is 9.99. The molecule has 2 aromatic rings. The van der Waals surface area contributed by atoms with Crippen LogP contribution in [0.1, 0.15) is 41.5 Å². The van der Waals surface area contributed by atoms with E-state index in [9.17, 15) is 17.3 Å². The molecule has 0 fully saturated rings. The van der Waals surface area contributed by atoms with Gasteiger partial charge in [-0.15, -0.1) is 0 Å². The number of hydrogen-bond acceptors (Lipinski definition) is 2. The van der Waals surface area contributed by atoms with Gasteiger partial charge in [-0.1, -0.05) is 77.9 Å². The van der Waals surface area contributed by atoms with E-state index in [0.29, 0.717) is 0 Å². The van der Waals surface area contributed by atoms with Crippen LogP contribution < -0.4 is 9.05 Å². The summed E-state index contributed by atoms with van der Waals surface area (Å²) in [6.07, 6.45) is 4.32. The number of halogens is 4. The van der Waals surface area contributed by atoms with Crippen molar-refractivity contribution >= 4 is 19.9 Å². The molecule has 1 aliphatic rings. The van der Waals surface area contributed by atoms with Gasteiger partial charge in [0.25, 0.3) is 7.34 Å². The van der Waals surface area contributed by atoms with Gasteiger partial charge < -0.3 is 26.3 Å². The normalized spacial score (nSPS) is 16.0. The highest BCUT2D eigenvalue weighted by atomic mass is 31.2. The molecule has 0 aromatic heterocycles. The van der Waals surface area contributed by atoms with E-state index in [0.717, 1.165) is 27.7 Å². The first kappa shape index (κ1) is 27.7. The van der Waals surface area contributed by atoms with Crippen LogP contribution >= 0.6 is 7.34 Å². The molecule has 34 heavy (non-hydrogen) atoms. The Bertz CT molecular complexity index is 1010. The largest absolute Gasteiger partial charge is 0.673 e. The molecule has 1 heterocycles. The summed E-state index contributed by atoms with van der Waals surface area (Å²) < 4.78 is 52.8. The van der Waals surface area contributed by atoms with Crippen LogP contribution in [0, 0.1) is 17.3 Å². The van der Waals surface area contributed by atoms with Gasteiger partial charge in [-0.05, 0) is 24.3 Å². The van der Waals surface area contributed by atoms with E-state index in [1.807, 2.05) is 60.7 Å². The first-order valence-corrected chi connectivity index (χ1v) is 12.5. The van der Waals surface area contributed by atoms with Gasteiger partial charge in [-0.3, -0.25) is 0 Å². The van der Waals surface area contributed by atoms with E-state index in [-0.39, 0.29) is 10.8 Å². The predicted octanol–water partition coefficient (Wildman–Crippen LogP) is 9.21. The summed E-state index contributed by atoms with van der Waals surface area (Å²) in [4.78, 5) is 0. The van der Waals surface area contributed by atoms with Gasteiger partial charge in [0.05, 0.1) is 23.1 Å². The third kappa shape index (κ3) is 7.77. The van der Waals surface area contributed by atoms with Crippen molar-refractivity contribution in [2.75, 3.05) is 0 Å². The number of benzene rings is 2. The Hall–Kier alpha value is -2.53. The maximum atomic E-state index is 9.75.